The molecule has 4 nitrogen and oxygen atoms in total. The predicted octanol–water partition coefficient (Wildman–Crippen LogP) is 3.11. The first-order chi connectivity index (χ1) is 9.92. The number of rotatable bonds is 5. The summed E-state index contributed by atoms with van der Waals surface area (Å²) in [5.41, 5.74) is 1.28. The first-order valence-corrected chi connectivity index (χ1v) is 8.41. The molecule has 2 aromatic carbocycles. The Morgan fingerprint density at radius 2 is 1.81 bits per heavy atom. The Balaban J connectivity index is 2.23. The Labute approximate surface area is 131 Å². The van der Waals surface area contributed by atoms with Gasteiger partial charge in [-0.1, -0.05) is 12.1 Å². The lowest BCUT2D eigenvalue weighted by Crippen LogP contribution is -2.13. The fraction of sp³-hybridized carbons (Fsp3) is 0.143. The Morgan fingerprint density at radius 1 is 1.14 bits per heavy atom. The SMILES string of the molecule is CNCc1ccc(S(=O)(=O)Nc2ccc(F)c(Br)c2)cc1. The molecule has 2 N–H and O–H groups in total. The third kappa shape index (κ3) is 4.03. The molecule has 112 valence electrons. The lowest BCUT2D eigenvalue weighted by Gasteiger charge is -2.09. The third-order valence-corrected chi connectivity index (χ3v) is 4.79. The van der Waals surface area contributed by atoms with Crippen LogP contribution >= 0.6 is 15.9 Å². The van der Waals surface area contributed by atoms with Gasteiger partial charge in [0.2, 0.25) is 0 Å². The van der Waals surface area contributed by atoms with Crippen molar-refractivity contribution in [2.24, 2.45) is 0 Å². The monoisotopic (exact) mass is 372 g/mol. The first kappa shape index (κ1) is 15.9. The molecule has 21 heavy (non-hydrogen) atoms. The summed E-state index contributed by atoms with van der Waals surface area (Å²) in [7, 11) is -1.87. The van der Waals surface area contributed by atoms with Crippen LogP contribution in [-0.2, 0) is 16.6 Å². The van der Waals surface area contributed by atoms with E-state index in [1.165, 1.54) is 30.3 Å². The second kappa shape index (κ2) is 6.55. The van der Waals surface area contributed by atoms with Gasteiger partial charge in [0.25, 0.3) is 10.0 Å². The van der Waals surface area contributed by atoms with Crippen LogP contribution in [0.4, 0.5) is 10.1 Å². The fourth-order valence-corrected chi connectivity index (χ4v) is 3.19. The topological polar surface area (TPSA) is 58.2 Å². The molecular weight excluding hydrogens is 359 g/mol. The minimum absolute atomic E-state index is 0.155. The van der Waals surface area contributed by atoms with Crippen molar-refractivity contribution in [2.75, 3.05) is 11.8 Å². The van der Waals surface area contributed by atoms with Crippen LogP contribution in [0.25, 0.3) is 0 Å². The van der Waals surface area contributed by atoms with Gasteiger partial charge in [-0.05, 0) is 58.9 Å². The molecule has 0 radical (unpaired) electrons. The zero-order valence-electron chi connectivity index (χ0n) is 11.2. The van der Waals surface area contributed by atoms with Gasteiger partial charge in [0.05, 0.1) is 15.1 Å². The van der Waals surface area contributed by atoms with Crippen molar-refractivity contribution >= 4 is 31.6 Å². The molecule has 0 unspecified atom stereocenters. The summed E-state index contributed by atoms with van der Waals surface area (Å²) in [6.07, 6.45) is 0. The van der Waals surface area contributed by atoms with Gasteiger partial charge >= 0.3 is 0 Å². The molecule has 0 heterocycles. The van der Waals surface area contributed by atoms with E-state index in [-0.39, 0.29) is 9.37 Å². The van der Waals surface area contributed by atoms with E-state index in [0.717, 1.165) is 5.56 Å². The maximum Gasteiger partial charge on any atom is 0.261 e. The highest BCUT2D eigenvalue weighted by Crippen LogP contribution is 2.22. The average Bonchev–Trinajstić information content (AvgIpc) is 2.44. The van der Waals surface area contributed by atoms with Gasteiger partial charge in [0.15, 0.2) is 0 Å². The van der Waals surface area contributed by atoms with E-state index in [1.807, 2.05) is 7.05 Å². The van der Waals surface area contributed by atoms with Crippen molar-refractivity contribution in [3.8, 4) is 0 Å². The molecule has 0 aliphatic carbocycles. The number of anilines is 1. The summed E-state index contributed by atoms with van der Waals surface area (Å²) in [6, 6.07) is 10.5. The standard InChI is InChI=1S/C14H14BrFN2O2S/c1-17-9-10-2-5-12(6-3-10)21(19,20)18-11-4-7-14(16)13(15)8-11/h2-8,17-18H,9H2,1H3. The Kier molecular flexibility index (Phi) is 4.97. The van der Waals surface area contributed by atoms with Gasteiger partial charge in [0.1, 0.15) is 5.82 Å². The molecule has 2 rings (SSSR count). The number of nitrogens with one attached hydrogen (secondary N) is 2. The largest absolute Gasteiger partial charge is 0.316 e. The maximum atomic E-state index is 13.1. The van der Waals surface area contributed by atoms with Crippen LogP contribution in [0.3, 0.4) is 0 Å². The van der Waals surface area contributed by atoms with Crippen molar-refractivity contribution in [2.45, 2.75) is 11.4 Å². The Morgan fingerprint density at radius 3 is 2.38 bits per heavy atom. The molecule has 7 heteroatoms. The summed E-state index contributed by atoms with van der Waals surface area (Å²) in [5, 5.41) is 2.99. The summed E-state index contributed by atoms with van der Waals surface area (Å²) in [4.78, 5) is 0.155. The molecule has 0 spiro atoms. The molecule has 0 bridgehead atoms. The van der Waals surface area contributed by atoms with Gasteiger partial charge in [-0.2, -0.15) is 0 Å². The van der Waals surface area contributed by atoms with Crippen LogP contribution in [0.2, 0.25) is 0 Å². The van der Waals surface area contributed by atoms with Crippen molar-refractivity contribution in [1.82, 2.24) is 5.32 Å². The molecule has 0 saturated carbocycles. The lowest BCUT2D eigenvalue weighted by atomic mass is 10.2. The third-order valence-electron chi connectivity index (χ3n) is 2.79. The zero-order valence-corrected chi connectivity index (χ0v) is 13.6. The van der Waals surface area contributed by atoms with E-state index in [0.29, 0.717) is 12.2 Å². The molecule has 0 saturated heterocycles. The van der Waals surface area contributed by atoms with E-state index >= 15 is 0 Å². The first-order valence-electron chi connectivity index (χ1n) is 6.14. The number of hydrogen-bond donors (Lipinski definition) is 2. The van der Waals surface area contributed by atoms with Gasteiger partial charge in [-0.25, -0.2) is 12.8 Å². The van der Waals surface area contributed by atoms with Crippen LogP contribution in [0.1, 0.15) is 5.56 Å². The highest BCUT2D eigenvalue weighted by atomic mass is 79.9. The Bertz CT molecular complexity index is 733. The minimum atomic E-state index is -3.69. The van der Waals surface area contributed by atoms with Crippen LogP contribution in [0.5, 0.6) is 0 Å². The van der Waals surface area contributed by atoms with E-state index in [4.69, 9.17) is 0 Å². The minimum Gasteiger partial charge on any atom is -0.316 e. The van der Waals surface area contributed by atoms with Gasteiger partial charge in [0, 0.05) is 6.54 Å². The molecule has 2 aromatic rings. The molecule has 0 aromatic heterocycles. The normalized spacial score (nSPS) is 11.4. The average molecular weight is 373 g/mol. The van der Waals surface area contributed by atoms with Gasteiger partial charge in [-0.15, -0.1) is 0 Å². The van der Waals surface area contributed by atoms with Crippen molar-refractivity contribution < 1.29 is 12.8 Å². The van der Waals surface area contributed by atoms with Crippen molar-refractivity contribution in [3.63, 3.8) is 0 Å². The molecule has 0 amide bonds. The quantitative estimate of drug-likeness (QED) is 0.847. The highest BCUT2D eigenvalue weighted by Gasteiger charge is 2.14. The predicted molar refractivity (Wildman–Crippen MR) is 84.1 cm³/mol. The van der Waals surface area contributed by atoms with Crippen molar-refractivity contribution in [3.05, 3.63) is 58.3 Å². The molecule has 0 aliphatic rings. The number of hydrogen-bond acceptors (Lipinski definition) is 3. The van der Waals surface area contributed by atoms with Crippen LogP contribution in [0.15, 0.2) is 51.8 Å². The Hall–Kier alpha value is -1.44. The smallest absolute Gasteiger partial charge is 0.261 e. The van der Waals surface area contributed by atoms with Crippen LogP contribution in [0, 0.1) is 5.82 Å². The second-order valence-corrected chi connectivity index (χ2v) is 6.95. The van der Waals surface area contributed by atoms with E-state index in [2.05, 4.69) is 26.0 Å². The van der Waals surface area contributed by atoms with Crippen LogP contribution in [-0.4, -0.2) is 15.5 Å². The maximum absolute atomic E-state index is 13.1. The van der Waals surface area contributed by atoms with E-state index < -0.39 is 15.8 Å². The number of sulfonamides is 1. The lowest BCUT2D eigenvalue weighted by molar-refractivity contribution is 0.601. The number of benzene rings is 2. The molecular formula is C14H14BrFN2O2S. The van der Waals surface area contributed by atoms with Gasteiger partial charge in [-0.3, -0.25) is 4.72 Å². The van der Waals surface area contributed by atoms with Crippen LogP contribution < -0.4 is 10.0 Å². The molecule has 0 aliphatic heterocycles. The highest BCUT2D eigenvalue weighted by molar-refractivity contribution is 9.10. The summed E-state index contributed by atoms with van der Waals surface area (Å²) in [6.45, 7) is 0.665. The second-order valence-electron chi connectivity index (χ2n) is 4.41. The van der Waals surface area contributed by atoms with E-state index in [9.17, 15) is 12.8 Å². The molecule has 0 fully saturated rings. The van der Waals surface area contributed by atoms with Crippen molar-refractivity contribution in [1.29, 1.82) is 0 Å². The molecule has 0 atom stereocenters. The zero-order chi connectivity index (χ0) is 15.5. The fourth-order valence-electron chi connectivity index (χ4n) is 1.76. The van der Waals surface area contributed by atoms with Gasteiger partial charge < -0.3 is 5.32 Å². The number of halogens is 2. The summed E-state index contributed by atoms with van der Waals surface area (Å²) < 4.78 is 40.2. The van der Waals surface area contributed by atoms with E-state index in [1.54, 1.807) is 12.1 Å². The summed E-state index contributed by atoms with van der Waals surface area (Å²) in [5.74, 6) is -0.450. The summed E-state index contributed by atoms with van der Waals surface area (Å²) >= 11 is 3.02.